The summed E-state index contributed by atoms with van der Waals surface area (Å²) in [6.07, 6.45) is 6.30. The molecular formula is C26H34ClN3O5S. The highest BCUT2D eigenvalue weighted by atomic mass is 35.5. The van der Waals surface area contributed by atoms with Crippen molar-refractivity contribution in [3.63, 3.8) is 0 Å². The summed E-state index contributed by atoms with van der Waals surface area (Å²) in [7, 11) is -3.78. The first kappa shape index (κ1) is 24.6. The minimum Gasteiger partial charge on any atom is -0.375 e. The summed E-state index contributed by atoms with van der Waals surface area (Å²) in [5.41, 5.74) is -0.402. The van der Waals surface area contributed by atoms with Crippen molar-refractivity contribution >= 4 is 33.4 Å². The van der Waals surface area contributed by atoms with E-state index in [-0.39, 0.29) is 47.0 Å². The van der Waals surface area contributed by atoms with E-state index < -0.39 is 15.4 Å². The second-order valence-corrected chi connectivity index (χ2v) is 13.6. The molecule has 196 valence electrons. The predicted molar refractivity (Wildman–Crippen MR) is 134 cm³/mol. The molecule has 5 atom stereocenters. The minimum absolute atomic E-state index is 0.0741. The SMILES string of the molecule is CC(=O)N1C2CCC1CN(C(=O)CC1([C@H]3CO[C@H]4CCC[C@H]4N3S(=O)(=O)c3ccc(Cl)cc3)CC1)C2. The lowest BCUT2D eigenvalue weighted by Crippen LogP contribution is -2.61. The smallest absolute Gasteiger partial charge is 0.243 e. The van der Waals surface area contributed by atoms with Crippen LogP contribution in [0.3, 0.4) is 0 Å². The molecule has 8 nitrogen and oxygen atoms in total. The number of hydrogen-bond donors (Lipinski definition) is 0. The fourth-order valence-electron chi connectivity index (χ4n) is 7.25. The van der Waals surface area contributed by atoms with Gasteiger partial charge in [-0.1, -0.05) is 11.6 Å². The number of carbonyl (C=O) groups excluding carboxylic acids is 2. The van der Waals surface area contributed by atoms with Gasteiger partial charge in [0.05, 0.1) is 29.7 Å². The number of hydrogen-bond acceptors (Lipinski definition) is 5. The molecule has 2 unspecified atom stereocenters. The molecule has 36 heavy (non-hydrogen) atoms. The van der Waals surface area contributed by atoms with Crippen molar-refractivity contribution in [1.29, 1.82) is 0 Å². The van der Waals surface area contributed by atoms with Crippen LogP contribution in [-0.2, 0) is 24.3 Å². The summed E-state index contributed by atoms with van der Waals surface area (Å²) in [5.74, 6) is 0.159. The Balaban J connectivity index is 1.25. The number of fused-ring (bicyclic) bond motifs is 3. The van der Waals surface area contributed by atoms with Crippen molar-refractivity contribution in [3.8, 4) is 0 Å². The molecule has 3 saturated heterocycles. The first-order chi connectivity index (χ1) is 17.2. The van der Waals surface area contributed by atoms with Gasteiger partial charge in [-0.3, -0.25) is 9.59 Å². The number of likely N-dealkylation sites (tertiary alicyclic amines) is 1. The Bertz CT molecular complexity index is 1140. The average molecular weight is 536 g/mol. The lowest BCUT2D eigenvalue weighted by molar-refractivity contribution is -0.144. The van der Waals surface area contributed by atoms with E-state index in [1.165, 1.54) is 0 Å². The average Bonchev–Trinajstić information content (AvgIpc) is 3.36. The zero-order valence-corrected chi connectivity index (χ0v) is 22.2. The zero-order chi connectivity index (χ0) is 25.2. The molecule has 3 aliphatic heterocycles. The number of nitrogens with zero attached hydrogens (tertiary/aromatic N) is 3. The van der Waals surface area contributed by atoms with Crippen LogP contribution in [0.4, 0.5) is 0 Å². The minimum atomic E-state index is -3.78. The van der Waals surface area contributed by atoms with Gasteiger partial charge >= 0.3 is 0 Å². The third-order valence-corrected chi connectivity index (χ3v) is 11.4. The number of morpholine rings is 1. The first-order valence-corrected chi connectivity index (χ1v) is 15.0. The second-order valence-electron chi connectivity index (χ2n) is 11.3. The Hall–Kier alpha value is -1.68. The van der Waals surface area contributed by atoms with Crippen molar-refractivity contribution in [2.24, 2.45) is 5.41 Å². The molecule has 1 aromatic rings. The van der Waals surface area contributed by atoms with Crippen molar-refractivity contribution in [2.75, 3.05) is 19.7 Å². The van der Waals surface area contributed by atoms with Crippen LogP contribution in [0.25, 0.3) is 0 Å². The molecule has 0 N–H and O–H groups in total. The summed E-state index contributed by atoms with van der Waals surface area (Å²) in [4.78, 5) is 29.8. The van der Waals surface area contributed by atoms with Crippen LogP contribution in [0.15, 0.2) is 29.2 Å². The molecule has 6 rings (SSSR count). The third-order valence-electron chi connectivity index (χ3n) is 9.21. The molecule has 5 aliphatic rings. The van der Waals surface area contributed by atoms with Crippen LogP contribution in [0, 0.1) is 5.41 Å². The molecule has 3 heterocycles. The quantitative estimate of drug-likeness (QED) is 0.578. The van der Waals surface area contributed by atoms with Gasteiger partial charge in [0, 0.05) is 43.5 Å². The number of halogens is 1. The summed E-state index contributed by atoms with van der Waals surface area (Å²) >= 11 is 6.04. The van der Waals surface area contributed by atoms with E-state index in [0.29, 0.717) is 31.1 Å². The second kappa shape index (κ2) is 8.96. The van der Waals surface area contributed by atoms with E-state index in [0.717, 1.165) is 44.9 Å². The summed E-state index contributed by atoms with van der Waals surface area (Å²) in [6, 6.07) is 6.00. The maximum atomic E-state index is 14.0. The van der Waals surface area contributed by atoms with Crippen molar-refractivity contribution in [2.45, 2.75) is 93.5 Å². The van der Waals surface area contributed by atoms with Gasteiger partial charge in [0.25, 0.3) is 0 Å². The lowest BCUT2D eigenvalue weighted by atomic mass is 9.89. The number of amides is 2. The van der Waals surface area contributed by atoms with E-state index in [2.05, 4.69) is 0 Å². The number of rotatable bonds is 5. The summed E-state index contributed by atoms with van der Waals surface area (Å²) in [6.45, 7) is 3.08. The van der Waals surface area contributed by atoms with Crippen LogP contribution in [0.2, 0.25) is 5.02 Å². The summed E-state index contributed by atoms with van der Waals surface area (Å²) < 4.78 is 36.0. The van der Waals surface area contributed by atoms with E-state index in [4.69, 9.17) is 16.3 Å². The monoisotopic (exact) mass is 535 g/mol. The number of benzene rings is 1. The third kappa shape index (κ3) is 4.06. The molecule has 5 fully saturated rings. The van der Waals surface area contributed by atoms with E-state index >= 15 is 0 Å². The molecule has 2 saturated carbocycles. The maximum absolute atomic E-state index is 14.0. The summed E-state index contributed by atoms with van der Waals surface area (Å²) in [5, 5.41) is 0.495. The standard InChI is InChI=1S/C26H34ClN3O5S/c1-17(31)29-19-7-8-20(29)15-28(14-19)25(32)13-26(11-12-26)24-16-35-23-4-2-3-22(23)30(24)36(33,34)21-9-5-18(27)6-10-21/h5-6,9-10,19-20,22-24H,2-4,7-8,11-16H2,1H3/t19?,20?,22-,23+,24-/m1/s1. The van der Waals surface area contributed by atoms with Crippen LogP contribution in [0.1, 0.15) is 58.3 Å². The van der Waals surface area contributed by atoms with Crippen LogP contribution in [0.5, 0.6) is 0 Å². The Morgan fingerprint density at radius 3 is 2.33 bits per heavy atom. The number of piperazine rings is 1. The molecule has 2 bridgehead atoms. The molecule has 10 heteroatoms. The van der Waals surface area contributed by atoms with Gasteiger partial charge < -0.3 is 14.5 Å². The fourth-order valence-corrected chi connectivity index (χ4v) is 9.32. The van der Waals surface area contributed by atoms with Gasteiger partial charge in [-0.25, -0.2) is 8.42 Å². The van der Waals surface area contributed by atoms with Gasteiger partial charge in [0.1, 0.15) is 0 Å². The van der Waals surface area contributed by atoms with Gasteiger partial charge in [0.2, 0.25) is 21.8 Å². The Morgan fingerprint density at radius 1 is 1.06 bits per heavy atom. The maximum Gasteiger partial charge on any atom is 0.243 e. The van der Waals surface area contributed by atoms with Gasteiger partial charge in [-0.15, -0.1) is 0 Å². The molecule has 2 amide bonds. The molecule has 2 aliphatic carbocycles. The van der Waals surface area contributed by atoms with Crippen molar-refractivity contribution in [3.05, 3.63) is 29.3 Å². The van der Waals surface area contributed by atoms with Gasteiger partial charge in [-0.05, 0) is 74.6 Å². The molecule has 0 spiro atoms. The topological polar surface area (TPSA) is 87.2 Å². The van der Waals surface area contributed by atoms with Gasteiger partial charge in [0.15, 0.2) is 0 Å². The number of carbonyl (C=O) groups is 2. The molecule has 1 aromatic carbocycles. The Morgan fingerprint density at radius 2 is 1.72 bits per heavy atom. The highest BCUT2D eigenvalue weighted by Crippen LogP contribution is 2.57. The van der Waals surface area contributed by atoms with E-state index in [1.807, 2.05) is 9.80 Å². The Labute approximate surface area is 217 Å². The number of ether oxygens (including phenoxy) is 1. The molecule has 0 aromatic heterocycles. The fraction of sp³-hybridized carbons (Fsp3) is 0.692. The normalized spacial score (nSPS) is 33.4. The van der Waals surface area contributed by atoms with Crippen LogP contribution in [-0.4, -0.2) is 84.3 Å². The zero-order valence-electron chi connectivity index (χ0n) is 20.6. The number of sulfonamides is 1. The molecule has 0 radical (unpaired) electrons. The van der Waals surface area contributed by atoms with Crippen molar-refractivity contribution < 1.29 is 22.7 Å². The van der Waals surface area contributed by atoms with Crippen LogP contribution >= 0.6 is 11.6 Å². The van der Waals surface area contributed by atoms with E-state index in [1.54, 1.807) is 35.5 Å². The highest BCUT2D eigenvalue weighted by Gasteiger charge is 2.60. The van der Waals surface area contributed by atoms with E-state index in [9.17, 15) is 18.0 Å². The molecular weight excluding hydrogens is 502 g/mol. The predicted octanol–water partition coefficient (Wildman–Crippen LogP) is 3.04. The Kier molecular flexibility index (Phi) is 6.14. The largest absolute Gasteiger partial charge is 0.375 e. The van der Waals surface area contributed by atoms with Crippen molar-refractivity contribution in [1.82, 2.24) is 14.1 Å². The van der Waals surface area contributed by atoms with Gasteiger partial charge in [-0.2, -0.15) is 4.31 Å². The lowest BCUT2D eigenvalue weighted by Gasteiger charge is -2.46. The first-order valence-electron chi connectivity index (χ1n) is 13.2. The highest BCUT2D eigenvalue weighted by molar-refractivity contribution is 7.89. The van der Waals surface area contributed by atoms with Crippen LogP contribution < -0.4 is 0 Å².